The van der Waals surface area contributed by atoms with Crippen LogP contribution in [0.4, 0.5) is 0 Å². The second kappa shape index (κ2) is 7.71. The fourth-order valence-corrected chi connectivity index (χ4v) is 2.82. The molecule has 0 aliphatic heterocycles. The molecule has 0 bridgehead atoms. The number of carbonyl (C=O) groups is 1. The molecule has 2 heteroatoms. The number of ketones is 1. The quantitative estimate of drug-likeness (QED) is 0.668. The van der Waals surface area contributed by atoms with Gasteiger partial charge in [-0.25, -0.2) is 0 Å². The SMILES string of the molecule is Cc1cccc(CNC(C(=O)c2ccccc2)c2ccccc2)c1. The van der Waals surface area contributed by atoms with Crippen molar-refractivity contribution < 1.29 is 4.79 Å². The molecule has 1 unspecified atom stereocenters. The molecule has 24 heavy (non-hydrogen) atoms. The Morgan fingerprint density at radius 1 is 0.875 bits per heavy atom. The first-order valence-electron chi connectivity index (χ1n) is 8.17. The average Bonchev–Trinajstić information content (AvgIpc) is 2.63. The molecule has 1 N–H and O–H groups in total. The molecule has 0 heterocycles. The summed E-state index contributed by atoms with van der Waals surface area (Å²) in [4.78, 5) is 13.0. The Kier molecular flexibility index (Phi) is 5.19. The van der Waals surface area contributed by atoms with Gasteiger partial charge in [-0.1, -0.05) is 90.5 Å². The molecule has 3 rings (SSSR count). The molecule has 120 valence electrons. The highest BCUT2D eigenvalue weighted by Crippen LogP contribution is 2.19. The first kappa shape index (κ1) is 16.2. The molecule has 1 atom stereocenters. The van der Waals surface area contributed by atoms with E-state index in [9.17, 15) is 4.79 Å². The minimum Gasteiger partial charge on any atom is -0.299 e. The van der Waals surface area contributed by atoms with Gasteiger partial charge in [-0.05, 0) is 18.1 Å². The lowest BCUT2D eigenvalue weighted by atomic mass is 9.97. The van der Waals surface area contributed by atoms with E-state index < -0.39 is 0 Å². The second-order valence-corrected chi connectivity index (χ2v) is 5.94. The van der Waals surface area contributed by atoms with Gasteiger partial charge in [0, 0.05) is 12.1 Å². The van der Waals surface area contributed by atoms with Crippen LogP contribution in [0.1, 0.15) is 33.1 Å². The van der Waals surface area contributed by atoms with Crippen LogP contribution < -0.4 is 5.32 Å². The zero-order chi connectivity index (χ0) is 16.8. The zero-order valence-electron chi connectivity index (χ0n) is 13.8. The molecule has 3 aromatic rings. The van der Waals surface area contributed by atoms with Crippen LogP contribution >= 0.6 is 0 Å². The van der Waals surface area contributed by atoms with Crippen LogP contribution in [0.2, 0.25) is 0 Å². The largest absolute Gasteiger partial charge is 0.299 e. The number of hydrogen-bond acceptors (Lipinski definition) is 2. The molecule has 0 saturated carbocycles. The molecule has 0 aliphatic carbocycles. The molecule has 0 radical (unpaired) electrons. The van der Waals surface area contributed by atoms with Crippen molar-refractivity contribution in [1.29, 1.82) is 0 Å². The predicted octanol–water partition coefficient (Wildman–Crippen LogP) is 4.71. The molecule has 0 amide bonds. The molecule has 0 aliphatic rings. The van der Waals surface area contributed by atoms with Gasteiger partial charge in [0.25, 0.3) is 0 Å². The summed E-state index contributed by atoms with van der Waals surface area (Å²) < 4.78 is 0. The van der Waals surface area contributed by atoms with Gasteiger partial charge >= 0.3 is 0 Å². The molecule has 2 nitrogen and oxygen atoms in total. The predicted molar refractivity (Wildman–Crippen MR) is 98.0 cm³/mol. The van der Waals surface area contributed by atoms with E-state index in [1.807, 2.05) is 66.7 Å². The lowest BCUT2D eigenvalue weighted by Crippen LogP contribution is -2.28. The summed E-state index contributed by atoms with van der Waals surface area (Å²) in [5.74, 6) is 0.0921. The van der Waals surface area contributed by atoms with Crippen molar-refractivity contribution in [2.24, 2.45) is 0 Å². The summed E-state index contributed by atoms with van der Waals surface area (Å²) in [6, 6.07) is 27.3. The van der Waals surface area contributed by atoms with E-state index in [2.05, 4.69) is 30.4 Å². The van der Waals surface area contributed by atoms with E-state index in [1.54, 1.807) is 0 Å². The van der Waals surface area contributed by atoms with Crippen molar-refractivity contribution in [2.45, 2.75) is 19.5 Å². The van der Waals surface area contributed by atoms with Gasteiger partial charge in [0.2, 0.25) is 0 Å². The molecule has 3 aromatic carbocycles. The van der Waals surface area contributed by atoms with Crippen molar-refractivity contribution in [3.8, 4) is 0 Å². The molecule has 0 spiro atoms. The summed E-state index contributed by atoms with van der Waals surface area (Å²) in [6.07, 6.45) is 0. The minimum atomic E-state index is -0.353. The van der Waals surface area contributed by atoms with E-state index in [0.29, 0.717) is 6.54 Å². The topological polar surface area (TPSA) is 29.1 Å². The van der Waals surface area contributed by atoms with Gasteiger partial charge in [0.05, 0.1) is 6.04 Å². The van der Waals surface area contributed by atoms with Crippen molar-refractivity contribution in [1.82, 2.24) is 5.32 Å². The number of aryl methyl sites for hydroxylation is 1. The summed E-state index contributed by atoms with van der Waals surface area (Å²) in [5.41, 5.74) is 4.11. The Hall–Kier alpha value is -2.71. The maximum absolute atomic E-state index is 13.0. The number of hydrogen-bond donors (Lipinski definition) is 1. The highest BCUT2D eigenvalue weighted by atomic mass is 16.1. The molecule has 0 saturated heterocycles. The van der Waals surface area contributed by atoms with Crippen LogP contribution in [0.25, 0.3) is 0 Å². The Bertz CT molecular complexity index is 796. The minimum absolute atomic E-state index is 0.0921. The van der Waals surface area contributed by atoms with Gasteiger partial charge in [-0.15, -0.1) is 0 Å². The normalized spacial score (nSPS) is 11.9. The summed E-state index contributed by atoms with van der Waals surface area (Å²) in [7, 11) is 0. The summed E-state index contributed by atoms with van der Waals surface area (Å²) in [5, 5.41) is 3.43. The third-order valence-electron chi connectivity index (χ3n) is 4.05. The number of nitrogens with one attached hydrogen (secondary N) is 1. The van der Waals surface area contributed by atoms with E-state index in [-0.39, 0.29) is 11.8 Å². The lowest BCUT2D eigenvalue weighted by molar-refractivity contribution is 0.0942. The van der Waals surface area contributed by atoms with Crippen LogP contribution in [0, 0.1) is 6.92 Å². The fourth-order valence-electron chi connectivity index (χ4n) is 2.82. The van der Waals surface area contributed by atoms with Crippen LogP contribution in [-0.4, -0.2) is 5.78 Å². The fraction of sp³-hybridized carbons (Fsp3) is 0.136. The van der Waals surface area contributed by atoms with Gasteiger partial charge in [-0.2, -0.15) is 0 Å². The van der Waals surface area contributed by atoms with Crippen LogP contribution in [-0.2, 0) is 6.54 Å². The Balaban J connectivity index is 1.84. The number of carbonyl (C=O) groups excluding carboxylic acids is 1. The Morgan fingerprint density at radius 3 is 2.21 bits per heavy atom. The second-order valence-electron chi connectivity index (χ2n) is 5.94. The van der Waals surface area contributed by atoms with Gasteiger partial charge in [-0.3, -0.25) is 10.1 Å². The Morgan fingerprint density at radius 2 is 1.54 bits per heavy atom. The van der Waals surface area contributed by atoms with Crippen molar-refractivity contribution in [3.63, 3.8) is 0 Å². The monoisotopic (exact) mass is 315 g/mol. The van der Waals surface area contributed by atoms with E-state index in [4.69, 9.17) is 0 Å². The van der Waals surface area contributed by atoms with Crippen LogP contribution in [0.3, 0.4) is 0 Å². The standard InChI is InChI=1S/C22H21NO/c1-17-9-8-10-18(15-17)16-23-21(19-11-4-2-5-12-19)22(24)20-13-6-3-7-14-20/h2-15,21,23H,16H2,1H3. The smallest absolute Gasteiger partial charge is 0.184 e. The number of Topliss-reactive ketones (excluding diaryl/α,β-unsaturated/α-hetero) is 1. The first-order chi connectivity index (χ1) is 11.7. The van der Waals surface area contributed by atoms with Gasteiger partial charge < -0.3 is 0 Å². The molecular weight excluding hydrogens is 294 g/mol. The van der Waals surface area contributed by atoms with Crippen LogP contribution in [0.5, 0.6) is 0 Å². The maximum Gasteiger partial charge on any atom is 0.184 e. The van der Waals surface area contributed by atoms with Gasteiger partial charge in [0.15, 0.2) is 5.78 Å². The van der Waals surface area contributed by atoms with Crippen molar-refractivity contribution >= 4 is 5.78 Å². The highest BCUT2D eigenvalue weighted by molar-refractivity contribution is 6.00. The lowest BCUT2D eigenvalue weighted by Gasteiger charge is -2.18. The van der Waals surface area contributed by atoms with E-state index in [1.165, 1.54) is 11.1 Å². The molecule has 0 aromatic heterocycles. The van der Waals surface area contributed by atoms with Gasteiger partial charge in [0.1, 0.15) is 0 Å². The highest BCUT2D eigenvalue weighted by Gasteiger charge is 2.21. The van der Waals surface area contributed by atoms with Crippen molar-refractivity contribution in [2.75, 3.05) is 0 Å². The summed E-state index contributed by atoms with van der Waals surface area (Å²) in [6.45, 7) is 2.73. The molecule has 0 fully saturated rings. The number of benzene rings is 3. The first-order valence-corrected chi connectivity index (χ1v) is 8.17. The molecular formula is C22H21NO. The van der Waals surface area contributed by atoms with Crippen molar-refractivity contribution in [3.05, 3.63) is 107 Å². The van der Waals surface area contributed by atoms with E-state index in [0.717, 1.165) is 11.1 Å². The summed E-state index contributed by atoms with van der Waals surface area (Å²) >= 11 is 0. The van der Waals surface area contributed by atoms with E-state index >= 15 is 0 Å². The third-order valence-corrected chi connectivity index (χ3v) is 4.05. The maximum atomic E-state index is 13.0. The Labute approximate surface area is 143 Å². The number of rotatable bonds is 6. The van der Waals surface area contributed by atoms with Crippen LogP contribution in [0.15, 0.2) is 84.9 Å². The third kappa shape index (κ3) is 3.98. The zero-order valence-corrected chi connectivity index (χ0v) is 13.8. The average molecular weight is 315 g/mol.